The van der Waals surface area contributed by atoms with Crippen LogP contribution in [-0.4, -0.2) is 6.26 Å². The van der Waals surface area contributed by atoms with Crippen molar-refractivity contribution in [3.63, 3.8) is 0 Å². The second-order valence-electron chi connectivity index (χ2n) is 2.52. The topological polar surface area (TPSA) is 0 Å². The molecule has 0 N–H and O–H groups in total. The van der Waals surface area contributed by atoms with Gasteiger partial charge in [-0.2, -0.15) is 4.39 Å². The third-order valence-electron chi connectivity index (χ3n) is 1.78. The molecular weight excluding hydrogens is 271 g/mol. The van der Waals surface area contributed by atoms with Crippen LogP contribution in [0.2, 0.25) is 0 Å². The SMILES string of the molecule is CSc1c(F)sc2cccc(Br)c12. The molecule has 0 unspecified atom stereocenters. The van der Waals surface area contributed by atoms with Crippen molar-refractivity contribution in [1.82, 2.24) is 0 Å². The Morgan fingerprint density at radius 3 is 2.92 bits per heavy atom. The van der Waals surface area contributed by atoms with Gasteiger partial charge in [-0.1, -0.05) is 22.0 Å². The number of thioether (sulfide) groups is 1. The van der Waals surface area contributed by atoms with Gasteiger partial charge in [-0.3, -0.25) is 0 Å². The first kappa shape index (κ1) is 9.49. The molecule has 4 heteroatoms. The average molecular weight is 277 g/mol. The number of rotatable bonds is 1. The van der Waals surface area contributed by atoms with Crippen molar-refractivity contribution in [3.8, 4) is 0 Å². The van der Waals surface area contributed by atoms with Crippen molar-refractivity contribution in [2.75, 3.05) is 6.26 Å². The molecule has 2 aromatic rings. The Hall–Kier alpha value is -0.0600. The van der Waals surface area contributed by atoms with Crippen LogP contribution in [0.25, 0.3) is 10.1 Å². The van der Waals surface area contributed by atoms with Gasteiger partial charge in [-0.05, 0) is 18.4 Å². The summed E-state index contributed by atoms with van der Waals surface area (Å²) in [5, 5.41) is 0.909. The van der Waals surface area contributed by atoms with Gasteiger partial charge in [0.1, 0.15) is 0 Å². The van der Waals surface area contributed by atoms with Crippen LogP contribution in [0.5, 0.6) is 0 Å². The lowest BCUT2D eigenvalue weighted by Crippen LogP contribution is -1.72. The van der Waals surface area contributed by atoms with E-state index in [0.717, 1.165) is 19.5 Å². The average Bonchev–Trinajstić information content (AvgIpc) is 2.42. The maximum atomic E-state index is 13.4. The largest absolute Gasteiger partial charge is 0.194 e. The summed E-state index contributed by atoms with van der Waals surface area (Å²) in [7, 11) is 0. The third-order valence-corrected chi connectivity index (χ3v) is 4.31. The fraction of sp³-hybridized carbons (Fsp3) is 0.111. The van der Waals surface area contributed by atoms with Crippen LogP contribution in [0.15, 0.2) is 27.6 Å². The highest BCUT2D eigenvalue weighted by Crippen LogP contribution is 2.39. The third kappa shape index (κ3) is 1.51. The van der Waals surface area contributed by atoms with E-state index >= 15 is 0 Å². The van der Waals surface area contributed by atoms with E-state index in [4.69, 9.17) is 0 Å². The van der Waals surface area contributed by atoms with Gasteiger partial charge < -0.3 is 0 Å². The molecule has 0 aliphatic rings. The van der Waals surface area contributed by atoms with E-state index in [2.05, 4.69) is 15.9 Å². The van der Waals surface area contributed by atoms with Gasteiger partial charge in [-0.25, -0.2) is 0 Å². The molecule has 0 nitrogen and oxygen atoms in total. The Balaban J connectivity index is 2.88. The zero-order valence-corrected chi connectivity index (χ0v) is 10.0. The van der Waals surface area contributed by atoms with E-state index < -0.39 is 0 Å². The summed E-state index contributed by atoms with van der Waals surface area (Å²) in [6.45, 7) is 0. The van der Waals surface area contributed by atoms with Crippen LogP contribution < -0.4 is 0 Å². The number of hydrogen-bond donors (Lipinski definition) is 0. The van der Waals surface area contributed by atoms with Crippen molar-refractivity contribution in [1.29, 1.82) is 0 Å². The molecule has 0 bridgehead atoms. The predicted molar refractivity (Wildman–Crippen MR) is 61.3 cm³/mol. The zero-order valence-electron chi connectivity index (χ0n) is 6.80. The second kappa shape index (κ2) is 3.59. The molecule has 0 aliphatic heterocycles. The zero-order chi connectivity index (χ0) is 9.42. The predicted octanol–water partition coefficient (Wildman–Crippen LogP) is 4.52. The maximum absolute atomic E-state index is 13.4. The lowest BCUT2D eigenvalue weighted by atomic mass is 10.3. The normalized spacial score (nSPS) is 11.0. The summed E-state index contributed by atoms with van der Waals surface area (Å²) in [5.41, 5.74) is 0. The van der Waals surface area contributed by atoms with Crippen molar-refractivity contribution in [3.05, 3.63) is 27.8 Å². The van der Waals surface area contributed by atoms with Gasteiger partial charge in [0.25, 0.3) is 0 Å². The first-order valence-corrected chi connectivity index (χ1v) is 6.48. The van der Waals surface area contributed by atoms with Crippen molar-refractivity contribution in [2.45, 2.75) is 4.90 Å². The molecule has 0 atom stereocenters. The Morgan fingerprint density at radius 2 is 2.23 bits per heavy atom. The van der Waals surface area contributed by atoms with Crippen molar-refractivity contribution < 1.29 is 4.39 Å². The Bertz CT molecular complexity index is 450. The quantitative estimate of drug-likeness (QED) is 0.690. The molecule has 1 aromatic heterocycles. The molecule has 0 aliphatic carbocycles. The van der Waals surface area contributed by atoms with Crippen LogP contribution in [0.3, 0.4) is 0 Å². The standard InChI is InChI=1S/C9H6BrFS2/c1-12-8-7-5(10)3-2-4-6(7)13-9(8)11/h2-4H,1H3. The van der Waals surface area contributed by atoms with Gasteiger partial charge in [0.2, 0.25) is 0 Å². The van der Waals surface area contributed by atoms with E-state index in [1.807, 2.05) is 24.5 Å². The molecule has 2 rings (SSSR count). The number of hydrogen-bond acceptors (Lipinski definition) is 2. The van der Waals surface area contributed by atoms with Crippen LogP contribution in [0.4, 0.5) is 4.39 Å². The molecule has 0 radical (unpaired) electrons. The summed E-state index contributed by atoms with van der Waals surface area (Å²) in [5.74, 6) is 0. The maximum Gasteiger partial charge on any atom is 0.191 e. The Kier molecular flexibility index (Phi) is 2.62. The highest BCUT2D eigenvalue weighted by atomic mass is 79.9. The first-order valence-electron chi connectivity index (χ1n) is 3.64. The van der Waals surface area contributed by atoms with Gasteiger partial charge in [-0.15, -0.1) is 23.1 Å². The minimum absolute atomic E-state index is 0.0885. The number of fused-ring (bicyclic) bond motifs is 1. The van der Waals surface area contributed by atoms with Gasteiger partial charge >= 0.3 is 0 Å². The lowest BCUT2D eigenvalue weighted by molar-refractivity contribution is 0.636. The van der Waals surface area contributed by atoms with Crippen LogP contribution in [0.1, 0.15) is 0 Å². The van der Waals surface area contributed by atoms with E-state index in [1.165, 1.54) is 23.1 Å². The smallest absolute Gasteiger partial charge is 0.191 e. The Morgan fingerprint density at radius 1 is 1.46 bits per heavy atom. The molecule has 0 saturated carbocycles. The number of benzene rings is 1. The van der Waals surface area contributed by atoms with Crippen LogP contribution in [-0.2, 0) is 0 Å². The van der Waals surface area contributed by atoms with E-state index in [-0.39, 0.29) is 5.13 Å². The van der Waals surface area contributed by atoms with Crippen LogP contribution >= 0.6 is 39.0 Å². The van der Waals surface area contributed by atoms with E-state index in [0.29, 0.717) is 0 Å². The first-order chi connectivity index (χ1) is 6.24. The molecule has 0 amide bonds. The highest BCUT2D eigenvalue weighted by molar-refractivity contribution is 9.10. The summed E-state index contributed by atoms with van der Waals surface area (Å²) in [6, 6.07) is 5.80. The molecule has 0 fully saturated rings. The monoisotopic (exact) mass is 276 g/mol. The molecule has 0 saturated heterocycles. The molecular formula is C9H6BrFS2. The van der Waals surface area contributed by atoms with E-state index in [9.17, 15) is 4.39 Å². The van der Waals surface area contributed by atoms with Crippen molar-refractivity contribution >= 4 is 49.1 Å². The fourth-order valence-electron chi connectivity index (χ4n) is 1.23. The molecule has 13 heavy (non-hydrogen) atoms. The second-order valence-corrected chi connectivity index (χ2v) is 5.20. The summed E-state index contributed by atoms with van der Waals surface area (Å²) in [6.07, 6.45) is 1.89. The summed E-state index contributed by atoms with van der Waals surface area (Å²) < 4.78 is 15.3. The van der Waals surface area contributed by atoms with Crippen LogP contribution in [0, 0.1) is 5.13 Å². The Labute approximate surface area is 92.3 Å². The van der Waals surface area contributed by atoms with Gasteiger partial charge in [0, 0.05) is 14.6 Å². The number of thiophene rings is 1. The molecule has 0 spiro atoms. The highest BCUT2D eigenvalue weighted by Gasteiger charge is 2.12. The lowest BCUT2D eigenvalue weighted by Gasteiger charge is -1.96. The molecule has 1 heterocycles. The summed E-state index contributed by atoms with van der Waals surface area (Å²) in [4.78, 5) is 0.743. The minimum atomic E-state index is -0.0885. The molecule has 68 valence electrons. The van der Waals surface area contributed by atoms with Gasteiger partial charge in [0.05, 0.1) is 4.90 Å². The number of halogens is 2. The van der Waals surface area contributed by atoms with Gasteiger partial charge in [0.15, 0.2) is 5.13 Å². The van der Waals surface area contributed by atoms with Crippen molar-refractivity contribution in [2.24, 2.45) is 0 Å². The fourth-order valence-corrected chi connectivity index (χ4v) is 3.93. The summed E-state index contributed by atoms with van der Waals surface area (Å²) >= 11 is 6.08. The molecule has 1 aromatic carbocycles. The van der Waals surface area contributed by atoms with E-state index in [1.54, 1.807) is 0 Å². The minimum Gasteiger partial charge on any atom is -0.194 e.